The van der Waals surface area contributed by atoms with E-state index in [0.29, 0.717) is 12.6 Å². The molecule has 1 N–H and O–H groups in total. The van der Waals surface area contributed by atoms with Gasteiger partial charge in [-0.15, -0.1) is 0 Å². The van der Waals surface area contributed by atoms with Crippen LogP contribution in [0.3, 0.4) is 0 Å². The van der Waals surface area contributed by atoms with Gasteiger partial charge < -0.3 is 4.42 Å². The Morgan fingerprint density at radius 1 is 1.21 bits per heavy atom. The standard InChI is InChI=1S/C19H16F6N6O2/c1-3-31-9-11(10(2)30-31)13(32)8-16(19(23,24)25)28-29-17-26-12(14-5-4-6-33-14)7-15(27-17)18(20,21)22/h4-7,9H,3,8H2,1-2H3,(H,26,27,29)/b28-16+. The molecule has 0 aromatic carbocycles. The van der Waals surface area contributed by atoms with E-state index in [4.69, 9.17) is 4.42 Å². The number of furan rings is 1. The predicted molar refractivity (Wildman–Crippen MR) is 103 cm³/mol. The molecule has 0 spiro atoms. The summed E-state index contributed by atoms with van der Waals surface area (Å²) in [5, 5.41) is 7.11. The summed E-state index contributed by atoms with van der Waals surface area (Å²) >= 11 is 0. The van der Waals surface area contributed by atoms with Crippen molar-refractivity contribution >= 4 is 17.4 Å². The maximum absolute atomic E-state index is 13.5. The molecule has 0 unspecified atom stereocenters. The van der Waals surface area contributed by atoms with Crippen LogP contribution in [0.4, 0.5) is 32.3 Å². The number of rotatable bonds is 7. The SMILES string of the molecule is CCn1cc(C(=O)C/C(=N\Nc2nc(-c3ccco3)cc(C(F)(F)F)n2)C(F)(F)F)c(C)n1. The molecule has 0 atom stereocenters. The van der Waals surface area contributed by atoms with Crippen LogP contribution in [0, 0.1) is 6.92 Å². The molecule has 0 aliphatic heterocycles. The van der Waals surface area contributed by atoms with E-state index in [1.54, 1.807) is 12.3 Å². The summed E-state index contributed by atoms with van der Waals surface area (Å²) in [5.41, 5.74) is -1.32. The van der Waals surface area contributed by atoms with Gasteiger partial charge in [0.15, 0.2) is 17.2 Å². The van der Waals surface area contributed by atoms with Gasteiger partial charge in [-0.25, -0.2) is 15.4 Å². The zero-order valence-electron chi connectivity index (χ0n) is 17.1. The third-order valence-corrected chi connectivity index (χ3v) is 4.31. The number of ketones is 1. The summed E-state index contributed by atoms with van der Waals surface area (Å²) in [6.45, 7) is 3.61. The van der Waals surface area contributed by atoms with Crippen LogP contribution in [-0.2, 0) is 12.7 Å². The minimum atomic E-state index is -5.05. The summed E-state index contributed by atoms with van der Waals surface area (Å²) in [4.78, 5) is 19.3. The predicted octanol–water partition coefficient (Wildman–Crippen LogP) is 4.88. The van der Waals surface area contributed by atoms with E-state index in [1.165, 1.54) is 36.2 Å². The van der Waals surface area contributed by atoms with Crippen molar-refractivity contribution in [1.82, 2.24) is 19.7 Å². The number of hydrazone groups is 1. The van der Waals surface area contributed by atoms with Crippen LogP contribution in [0.1, 0.15) is 35.1 Å². The molecule has 176 valence electrons. The second-order valence-electron chi connectivity index (χ2n) is 6.69. The Bertz CT molecular complexity index is 1160. The second kappa shape index (κ2) is 9.03. The molecule has 3 heterocycles. The lowest BCUT2D eigenvalue weighted by atomic mass is 10.1. The number of Topliss-reactive ketones (excluding diaryl/α,β-unsaturated/α-hetero) is 1. The molecule has 0 aliphatic rings. The van der Waals surface area contributed by atoms with Gasteiger partial charge in [-0.3, -0.25) is 9.48 Å². The summed E-state index contributed by atoms with van der Waals surface area (Å²) < 4.78 is 86.3. The average molecular weight is 474 g/mol. The fraction of sp³-hybridized carbons (Fsp3) is 0.316. The van der Waals surface area contributed by atoms with Gasteiger partial charge in [0.05, 0.1) is 23.9 Å². The van der Waals surface area contributed by atoms with Crippen LogP contribution in [0.2, 0.25) is 0 Å². The minimum Gasteiger partial charge on any atom is -0.463 e. The third-order valence-electron chi connectivity index (χ3n) is 4.31. The quantitative estimate of drug-likeness (QED) is 0.227. The van der Waals surface area contributed by atoms with Crippen molar-refractivity contribution in [2.75, 3.05) is 5.43 Å². The first-order valence-electron chi connectivity index (χ1n) is 9.35. The Kier molecular flexibility index (Phi) is 6.56. The largest absolute Gasteiger partial charge is 0.463 e. The van der Waals surface area contributed by atoms with Crippen molar-refractivity contribution in [3.05, 3.63) is 47.6 Å². The number of alkyl halides is 6. The molecule has 0 bridgehead atoms. The van der Waals surface area contributed by atoms with E-state index in [9.17, 15) is 31.1 Å². The van der Waals surface area contributed by atoms with Crippen LogP contribution >= 0.6 is 0 Å². The van der Waals surface area contributed by atoms with Gasteiger partial charge in [0.25, 0.3) is 0 Å². The number of nitrogens with zero attached hydrogens (tertiary/aromatic N) is 5. The van der Waals surface area contributed by atoms with Gasteiger partial charge >= 0.3 is 12.4 Å². The first-order valence-corrected chi connectivity index (χ1v) is 9.35. The fourth-order valence-corrected chi connectivity index (χ4v) is 2.71. The number of aryl methyl sites for hydroxylation is 2. The van der Waals surface area contributed by atoms with Crippen molar-refractivity contribution in [3.63, 3.8) is 0 Å². The lowest BCUT2D eigenvalue weighted by Gasteiger charge is -2.12. The molecule has 14 heteroatoms. The molecule has 0 fully saturated rings. The molecule has 0 saturated carbocycles. The van der Waals surface area contributed by atoms with Crippen LogP contribution in [0.5, 0.6) is 0 Å². The van der Waals surface area contributed by atoms with Gasteiger partial charge in [-0.1, -0.05) is 0 Å². The van der Waals surface area contributed by atoms with Crippen molar-refractivity contribution in [2.45, 2.75) is 39.2 Å². The van der Waals surface area contributed by atoms with E-state index in [1.807, 2.05) is 0 Å². The Morgan fingerprint density at radius 3 is 2.48 bits per heavy atom. The zero-order chi connectivity index (χ0) is 24.4. The van der Waals surface area contributed by atoms with Crippen LogP contribution < -0.4 is 5.43 Å². The molecule has 0 aliphatic carbocycles. The third kappa shape index (κ3) is 5.75. The van der Waals surface area contributed by atoms with Gasteiger partial charge in [-0.2, -0.15) is 36.5 Å². The molecular weight excluding hydrogens is 458 g/mol. The monoisotopic (exact) mass is 474 g/mol. The number of anilines is 1. The number of carbonyl (C=O) groups is 1. The zero-order valence-corrected chi connectivity index (χ0v) is 17.1. The summed E-state index contributed by atoms with van der Waals surface area (Å²) in [5.74, 6) is -1.84. The average Bonchev–Trinajstić information content (AvgIpc) is 3.39. The molecule has 3 aromatic rings. The van der Waals surface area contributed by atoms with Crippen molar-refractivity contribution < 1.29 is 35.6 Å². The molecule has 3 aromatic heterocycles. The van der Waals surface area contributed by atoms with Crippen LogP contribution in [-0.4, -0.2) is 37.4 Å². The Morgan fingerprint density at radius 2 is 1.94 bits per heavy atom. The van der Waals surface area contributed by atoms with Gasteiger partial charge in [-0.05, 0) is 32.0 Å². The fourth-order valence-electron chi connectivity index (χ4n) is 2.71. The van der Waals surface area contributed by atoms with Gasteiger partial charge in [0.1, 0.15) is 11.4 Å². The lowest BCUT2D eigenvalue weighted by molar-refractivity contribution is -0.141. The topological polar surface area (TPSA) is 98.2 Å². The number of carbonyl (C=O) groups excluding carboxylic acids is 1. The van der Waals surface area contributed by atoms with Crippen molar-refractivity contribution in [1.29, 1.82) is 0 Å². The number of hydrogen-bond acceptors (Lipinski definition) is 7. The summed E-state index contributed by atoms with van der Waals surface area (Å²) in [6, 6.07) is 3.29. The van der Waals surface area contributed by atoms with Crippen molar-refractivity contribution in [2.24, 2.45) is 5.10 Å². The van der Waals surface area contributed by atoms with Crippen LogP contribution in [0.25, 0.3) is 11.5 Å². The molecule has 0 amide bonds. The molecule has 3 rings (SSSR count). The van der Waals surface area contributed by atoms with E-state index in [0.717, 1.165) is 0 Å². The Hall–Kier alpha value is -3.71. The highest BCUT2D eigenvalue weighted by atomic mass is 19.4. The van der Waals surface area contributed by atoms with E-state index < -0.39 is 41.9 Å². The second-order valence-corrected chi connectivity index (χ2v) is 6.69. The van der Waals surface area contributed by atoms with E-state index in [-0.39, 0.29) is 22.7 Å². The maximum atomic E-state index is 13.5. The number of halogens is 6. The highest BCUT2D eigenvalue weighted by Crippen LogP contribution is 2.31. The summed E-state index contributed by atoms with van der Waals surface area (Å²) in [7, 11) is 0. The Labute approximate surface area is 182 Å². The van der Waals surface area contributed by atoms with Crippen molar-refractivity contribution in [3.8, 4) is 11.5 Å². The maximum Gasteiger partial charge on any atom is 0.433 e. The van der Waals surface area contributed by atoms with Crippen LogP contribution in [0.15, 0.2) is 40.2 Å². The highest BCUT2D eigenvalue weighted by Gasteiger charge is 2.38. The van der Waals surface area contributed by atoms with Gasteiger partial charge in [0, 0.05) is 12.7 Å². The Balaban J connectivity index is 1.92. The number of hydrogen-bond donors (Lipinski definition) is 1. The molecular formula is C19H16F6N6O2. The first kappa shape index (κ1) is 23.9. The number of nitrogens with one attached hydrogen (secondary N) is 1. The molecule has 0 radical (unpaired) electrons. The normalized spacial score (nSPS) is 12.8. The highest BCUT2D eigenvalue weighted by molar-refractivity contribution is 6.11. The molecule has 33 heavy (non-hydrogen) atoms. The van der Waals surface area contributed by atoms with E-state index in [2.05, 4.69) is 20.2 Å². The summed E-state index contributed by atoms with van der Waals surface area (Å²) in [6.07, 6.45) is -8.64. The molecule has 8 nitrogen and oxygen atoms in total. The first-order chi connectivity index (χ1) is 15.4. The van der Waals surface area contributed by atoms with E-state index >= 15 is 0 Å². The lowest BCUT2D eigenvalue weighted by Crippen LogP contribution is -2.27. The minimum absolute atomic E-state index is 0.0239. The van der Waals surface area contributed by atoms with Gasteiger partial charge in [0.2, 0.25) is 5.95 Å². The molecule has 0 saturated heterocycles. The smallest absolute Gasteiger partial charge is 0.433 e. The number of aromatic nitrogens is 4.